The van der Waals surface area contributed by atoms with Gasteiger partial charge in [-0.15, -0.1) is 11.8 Å². The lowest BCUT2D eigenvalue weighted by molar-refractivity contribution is 0.130. The number of hydrogen-bond acceptors (Lipinski definition) is 3. The van der Waals surface area contributed by atoms with Crippen molar-refractivity contribution in [3.8, 4) is 0 Å². The van der Waals surface area contributed by atoms with Gasteiger partial charge in [0.15, 0.2) is 0 Å². The Morgan fingerprint density at radius 1 is 1.29 bits per heavy atom. The molecule has 0 spiro atoms. The quantitative estimate of drug-likeness (QED) is 0.389. The first kappa shape index (κ1) is 20.1. The summed E-state index contributed by atoms with van der Waals surface area (Å²) in [6, 6.07) is 0. The van der Waals surface area contributed by atoms with Gasteiger partial charge >= 0.3 is 6.09 Å². The molecule has 4 heteroatoms. The van der Waals surface area contributed by atoms with Crippen LogP contribution in [-0.2, 0) is 4.74 Å². The molecule has 3 nitrogen and oxygen atoms in total. The lowest BCUT2D eigenvalue weighted by Gasteiger charge is -2.20. The van der Waals surface area contributed by atoms with Crippen molar-refractivity contribution in [3.05, 3.63) is 23.3 Å². The van der Waals surface area contributed by atoms with Crippen LogP contribution in [-0.4, -0.2) is 29.3 Å². The maximum atomic E-state index is 11.9. The summed E-state index contributed by atoms with van der Waals surface area (Å²) >= 11 is 1.79. The van der Waals surface area contributed by atoms with E-state index in [9.17, 15) is 4.79 Å². The van der Waals surface area contributed by atoms with Gasteiger partial charge in [-0.1, -0.05) is 32.8 Å². The molecular weight excluding hydrogens is 282 g/mol. The molecule has 0 aliphatic carbocycles. The molecule has 0 aromatic carbocycles. The largest absolute Gasteiger partial charge is 0.415 e. The van der Waals surface area contributed by atoms with Gasteiger partial charge in [0.1, 0.15) is 5.76 Å². The Morgan fingerprint density at radius 3 is 2.48 bits per heavy atom. The molecule has 1 amide bonds. The number of thioether (sulfide) groups is 1. The summed E-state index contributed by atoms with van der Waals surface area (Å²) in [5, 5.41) is 2.57. The molecule has 0 aliphatic heterocycles. The van der Waals surface area contributed by atoms with Crippen molar-refractivity contribution in [2.45, 2.75) is 65.6 Å². The predicted octanol–water partition coefficient (Wildman–Crippen LogP) is 5.58. The average Bonchev–Trinajstić information content (AvgIpc) is 2.47. The summed E-state index contributed by atoms with van der Waals surface area (Å²) in [5.74, 6) is 0.758. The van der Waals surface area contributed by atoms with E-state index in [0.717, 1.165) is 18.6 Å². The fourth-order valence-corrected chi connectivity index (χ4v) is 2.56. The Kier molecular flexibility index (Phi) is 12.3. The number of allylic oxidation sites excluding steroid dienone is 3. The number of rotatable bonds is 10. The van der Waals surface area contributed by atoms with Gasteiger partial charge < -0.3 is 9.64 Å². The Morgan fingerprint density at radius 2 is 1.95 bits per heavy atom. The van der Waals surface area contributed by atoms with Gasteiger partial charge in [0.25, 0.3) is 0 Å². The Bertz CT molecular complexity index is 336. The molecule has 0 N–H and O–H groups in total. The van der Waals surface area contributed by atoms with E-state index >= 15 is 0 Å². The van der Waals surface area contributed by atoms with Crippen LogP contribution in [0.4, 0.5) is 4.79 Å². The van der Waals surface area contributed by atoms with Crippen LogP contribution in [0.1, 0.15) is 60.3 Å². The minimum absolute atomic E-state index is 0.246. The Hall–Kier alpha value is -0.900. The molecule has 0 heterocycles. The van der Waals surface area contributed by atoms with Crippen LogP contribution in [0.15, 0.2) is 23.3 Å². The number of hydrogen-bond donors (Lipinski definition) is 0. The summed E-state index contributed by atoms with van der Waals surface area (Å²) < 4.78 is 5.47. The molecule has 0 aliphatic rings. The van der Waals surface area contributed by atoms with Crippen LogP contribution in [0, 0.1) is 0 Å². The molecule has 0 aromatic heterocycles. The third kappa shape index (κ3) is 9.62. The number of carbonyl (C=O) groups is 1. The van der Waals surface area contributed by atoms with Gasteiger partial charge in [0, 0.05) is 24.8 Å². The van der Waals surface area contributed by atoms with Gasteiger partial charge in [0.05, 0.1) is 0 Å². The van der Waals surface area contributed by atoms with E-state index in [2.05, 4.69) is 25.3 Å². The molecule has 0 saturated heterocycles. The second kappa shape index (κ2) is 12.8. The summed E-state index contributed by atoms with van der Waals surface area (Å²) in [6.07, 6.45) is 8.25. The van der Waals surface area contributed by atoms with Gasteiger partial charge in [-0.3, -0.25) is 0 Å². The van der Waals surface area contributed by atoms with E-state index in [4.69, 9.17) is 4.74 Å². The zero-order valence-corrected chi connectivity index (χ0v) is 15.0. The zero-order valence-electron chi connectivity index (χ0n) is 14.2. The van der Waals surface area contributed by atoms with Crippen molar-refractivity contribution in [3.63, 3.8) is 0 Å². The highest BCUT2D eigenvalue weighted by atomic mass is 32.2. The molecule has 122 valence electrons. The lowest BCUT2D eigenvalue weighted by Crippen LogP contribution is -2.31. The molecule has 0 saturated carbocycles. The summed E-state index contributed by atoms with van der Waals surface area (Å²) in [6.45, 7) is 11.5. The van der Waals surface area contributed by atoms with Crippen molar-refractivity contribution in [2.24, 2.45) is 0 Å². The van der Waals surface area contributed by atoms with Crippen molar-refractivity contribution < 1.29 is 9.53 Å². The lowest BCUT2D eigenvalue weighted by atomic mass is 10.2. The van der Waals surface area contributed by atoms with Crippen LogP contribution < -0.4 is 0 Å². The van der Waals surface area contributed by atoms with Gasteiger partial charge in [-0.2, -0.15) is 0 Å². The first-order chi connectivity index (χ1) is 10.1. The van der Waals surface area contributed by atoms with E-state index in [0.29, 0.717) is 18.3 Å². The number of carbonyl (C=O) groups excluding carboxylic acids is 1. The number of unbranched alkanes of at least 4 members (excludes halogenated alkanes) is 2. The minimum Gasteiger partial charge on any atom is -0.415 e. The fourth-order valence-electron chi connectivity index (χ4n) is 1.79. The summed E-state index contributed by atoms with van der Waals surface area (Å²) in [5.41, 5.74) is 0. The van der Waals surface area contributed by atoms with Crippen LogP contribution in [0.2, 0.25) is 0 Å². The summed E-state index contributed by atoms with van der Waals surface area (Å²) in [7, 11) is 0. The monoisotopic (exact) mass is 313 g/mol. The highest BCUT2D eigenvalue weighted by molar-refractivity contribution is 8.02. The maximum absolute atomic E-state index is 11.9. The minimum atomic E-state index is -0.246. The molecule has 0 aromatic rings. The van der Waals surface area contributed by atoms with Gasteiger partial charge in [-0.25, -0.2) is 4.79 Å². The Labute approximate surface area is 134 Å². The maximum Gasteiger partial charge on any atom is 0.414 e. The highest BCUT2D eigenvalue weighted by Crippen LogP contribution is 2.21. The van der Waals surface area contributed by atoms with Crippen LogP contribution >= 0.6 is 11.8 Å². The standard InChI is InChI=1S/C17H31NO2S/c1-6-10-11-12-13-21-15(5)14-16(7-2)20-17(19)18(8-3)9-4/h7,12-13,15H,6,8-11,14H2,1-5H3/b13-12+,16-7-. The van der Waals surface area contributed by atoms with E-state index in [1.54, 1.807) is 16.7 Å². The predicted molar refractivity (Wildman–Crippen MR) is 93.5 cm³/mol. The zero-order chi connectivity index (χ0) is 16.1. The smallest absolute Gasteiger partial charge is 0.414 e. The highest BCUT2D eigenvalue weighted by Gasteiger charge is 2.14. The van der Waals surface area contributed by atoms with E-state index < -0.39 is 0 Å². The molecule has 21 heavy (non-hydrogen) atoms. The SMILES string of the molecule is C/C=C(/CC(C)S/C=C/CCCC)OC(=O)N(CC)CC. The van der Waals surface area contributed by atoms with Crippen molar-refractivity contribution in [1.29, 1.82) is 0 Å². The number of ether oxygens (including phenoxy) is 1. The second-order valence-corrected chi connectivity index (χ2v) is 6.31. The molecule has 1 unspecified atom stereocenters. The number of nitrogens with zero attached hydrogens (tertiary/aromatic N) is 1. The number of amides is 1. The molecule has 1 atom stereocenters. The first-order valence-corrected chi connectivity index (χ1v) is 8.95. The molecule has 0 rings (SSSR count). The molecule has 0 fully saturated rings. The normalized spacial score (nSPS) is 13.5. The third-order valence-corrected chi connectivity index (χ3v) is 4.16. The van der Waals surface area contributed by atoms with Crippen LogP contribution in [0.5, 0.6) is 0 Å². The first-order valence-electron chi connectivity index (χ1n) is 8.01. The van der Waals surface area contributed by atoms with Crippen molar-refractivity contribution >= 4 is 17.9 Å². The van der Waals surface area contributed by atoms with Crippen molar-refractivity contribution in [2.75, 3.05) is 13.1 Å². The van der Waals surface area contributed by atoms with Crippen LogP contribution in [0.25, 0.3) is 0 Å². The van der Waals surface area contributed by atoms with E-state index in [1.807, 2.05) is 26.8 Å². The van der Waals surface area contributed by atoms with E-state index in [-0.39, 0.29) is 6.09 Å². The topological polar surface area (TPSA) is 29.5 Å². The summed E-state index contributed by atoms with van der Waals surface area (Å²) in [4.78, 5) is 13.6. The van der Waals surface area contributed by atoms with Gasteiger partial charge in [0.2, 0.25) is 0 Å². The fraction of sp³-hybridized carbons (Fsp3) is 0.706. The van der Waals surface area contributed by atoms with Crippen LogP contribution in [0.3, 0.4) is 0 Å². The Balaban J connectivity index is 4.19. The molecular formula is C17H31NO2S. The van der Waals surface area contributed by atoms with Gasteiger partial charge in [-0.05, 0) is 38.7 Å². The van der Waals surface area contributed by atoms with Crippen molar-refractivity contribution in [1.82, 2.24) is 4.90 Å². The molecule has 0 bridgehead atoms. The average molecular weight is 314 g/mol. The molecule has 0 radical (unpaired) electrons. The second-order valence-electron chi connectivity index (χ2n) is 4.96. The third-order valence-electron chi connectivity index (χ3n) is 3.18. The van der Waals surface area contributed by atoms with E-state index in [1.165, 1.54) is 12.8 Å².